The van der Waals surface area contributed by atoms with Gasteiger partial charge in [-0.05, 0) is 24.2 Å². The van der Waals surface area contributed by atoms with Crippen molar-refractivity contribution in [2.24, 2.45) is 0 Å². The lowest BCUT2D eigenvalue weighted by Crippen LogP contribution is -2.41. The topological polar surface area (TPSA) is 75.6 Å². The standard InChI is InChI=1S/C17H23NO4S/c1-3-13(2)12-23-10-9-15(16(19)20)18-17(21)22-11-14-7-5-4-6-8-14/h4-8,15H,2-3,9-12H2,1H3,(H,18,21)(H,19,20). The molecule has 0 aliphatic carbocycles. The summed E-state index contributed by atoms with van der Waals surface area (Å²) < 4.78 is 5.04. The third kappa shape index (κ3) is 8.30. The molecule has 1 aromatic rings. The normalized spacial score (nSPS) is 11.5. The zero-order valence-electron chi connectivity index (χ0n) is 13.3. The van der Waals surface area contributed by atoms with Gasteiger partial charge in [0.05, 0.1) is 0 Å². The number of rotatable bonds is 10. The van der Waals surface area contributed by atoms with Crippen LogP contribution in [-0.4, -0.2) is 34.7 Å². The van der Waals surface area contributed by atoms with Crippen molar-refractivity contribution in [3.8, 4) is 0 Å². The van der Waals surface area contributed by atoms with E-state index < -0.39 is 18.1 Å². The summed E-state index contributed by atoms with van der Waals surface area (Å²) in [5.74, 6) is 0.382. The average molecular weight is 337 g/mol. The maximum absolute atomic E-state index is 11.7. The second kappa shape index (κ2) is 10.7. The van der Waals surface area contributed by atoms with Gasteiger partial charge in [0.25, 0.3) is 0 Å². The van der Waals surface area contributed by atoms with E-state index in [9.17, 15) is 9.59 Å². The number of aliphatic carboxylic acids is 1. The molecule has 0 heterocycles. The van der Waals surface area contributed by atoms with Gasteiger partial charge in [-0.3, -0.25) is 0 Å². The number of thioether (sulfide) groups is 1. The van der Waals surface area contributed by atoms with E-state index in [4.69, 9.17) is 9.84 Å². The van der Waals surface area contributed by atoms with Gasteiger partial charge in [0.1, 0.15) is 12.6 Å². The van der Waals surface area contributed by atoms with Crippen molar-refractivity contribution in [1.29, 1.82) is 0 Å². The lowest BCUT2D eigenvalue weighted by Gasteiger charge is -2.14. The van der Waals surface area contributed by atoms with Gasteiger partial charge >= 0.3 is 12.1 Å². The lowest BCUT2D eigenvalue weighted by atomic mass is 10.2. The Bertz CT molecular complexity index is 519. The zero-order chi connectivity index (χ0) is 17.1. The van der Waals surface area contributed by atoms with E-state index in [1.165, 1.54) is 0 Å². The van der Waals surface area contributed by atoms with Crippen LogP contribution in [0.25, 0.3) is 0 Å². The summed E-state index contributed by atoms with van der Waals surface area (Å²) >= 11 is 1.61. The van der Waals surface area contributed by atoms with Crippen LogP contribution in [-0.2, 0) is 16.1 Å². The minimum Gasteiger partial charge on any atom is -0.480 e. The number of amides is 1. The number of carboxylic acids is 1. The Kier molecular flexibility index (Phi) is 8.90. The first-order valence-corrected chi connectivity index (χ1v) is 8.62. The minimum absolute atomic E-state index is 0.115. The highest BCUT2D eigenvalue weighted by atomic mass is 32.2. The fraction of sp³-hybridized carbons (Fsp3) is 0.412. The summed E-state index contributed by atoms with van der Waals surface area (Å²) in [6, 6.07) is 8.28. The number of ether oxygens (including phenoxy) is 1. The van der Waals surface area contributed by atoms with E-state index in [0.717, 1.165) is 23.3 Å². The molecule has 5 nitrogen and oxygen atoms in total. The predicted molar refractivity (Wildman–Crippen MR) is 92.6 cm³/mol. The Labute approximate surface area is 141 Å². The largest absolute Gasteiger partial charge is 0.480 e. The minimum atomic E-state index is -1.06. The molecular weight excluding hydrogens is 314 g/mol. The molecule has 0 fully saturated rings. The second-order valence-corrected chi connectivity index (χ2v) is 6.15. The Morgan fingerprint density at radius 1 is 1.35 bits per heavy atom. The van der Waals surface area contributed by atoms with Gasteiger partial charge in [0, 0.05) is 5.75 Å². The summed E-state index contributed by atoms with van der Waals surface area (Å²) in [6.45, 7) is 6.05. The van der Waals surface area contributed by atoms with E-state index in [1.54, 1.807) is 11.8 Å². The SMILES string of the molecule is C=C(CC)CSCCC(NC(=O)OCc1ccccc1)C(=O)O. The second-order valence-electron chi connectivity index (χ2n) is 5.04. The molecule has 6 heteroatoms. The van der Waals surface area contributed by atoms with Gasteiger partial charge in [-0.15, -0.1) is 0 Å². The Balaban J connectivity index is 2.32. The van der Waals surface area contributed by atoms with Crippen LogP contribution in [0.1, 0.15) is 25.3 Å². The Morgan fingerprint density at radius 3 is 2.65 bits per heavy atom. The summed E-state index contributed by atoms with van der Waals surface area (Å²) in [5, 5.41) is 11.6. The molecule has 0 spiro atoms. The molecule has 1 amide bonds. The first kappa shape index (κ1) is 19.1. The molecule has 23 heavy (non-hydrogen) atoms. The molecular formula is C17H23NO4S. The first-order valence-electron chi connectivity index (χ1n) is 7.47. The predicted octanol–water partition coefficient (Wildman–Crippen LogP) is 3.46. The molecule has 126 valence electrons. The fourth-order valence-electron chi connectivity index (χ4n) is 1.68. The van der Waals surface area contributed by atoms with Crippen LogP contribution < -0.4 is 5.32 Å². The molecule has 1 aromatic carbocycles. The van der Waals surface area contributed by atoms with Crippen molar-refractivity contribution >= 4 is 23.8 Å². The van der Waals surface area contributed by atoms with Crippen LogP contribution >= 0.6 is 11.8 Å². The molecule has 0 saturated heterocycles. The molecule has 0 saturated carbocycles. The lowest BCUT2D eigenvalue weighted by molar-refractivity contribution is -0.139. The number of nitrogens with one attached hydrogen (secondary N) is 1. The summed E-state index contributed by atoms with van der Waals surface area (Å²) in [6.07, 6.45) is 0.542. The summed E-state index contributed by atoms with van der Waals surface area (Å²) in [7, 11) is 0. The zero-order valence-corrected chi connectivity index (χ0v) is 14.1. The van der Waals surface area contributed by atoms with Crippen LogP contribution in [0.15, 0.2) is 42.5 Å². The Hall–Kier alpha value is -1.95. The first-order chi connectivity index (χ1) is 11.0. The van der Waals surface area contributed by atoms with Crippen molar-refractivity contribution in [3.63, 3.8) is 0 Å². The highest BCUT2D eigenvalue weighted by Crippen LogP contribution is 2.11. The summed E-state index contributed by atoms with van der Waals surface area (Å²) in [5.41, 5.74) is 1.97. The Morgan fingerprint density at radius 2 is 2.04 bits per heavy atom. The third-order valence-electron chi connectivity index (χ3n) is 3.16. The number of alkyl carbamates (subject to hydrolysis) is 1. The number of hydrogen-bond donors (Lipinski definition) is 2. The van der Waals surface area contributed by atoms with E-state index in [0.29, 0.717) is 12.2 Å². The quantitative estimate of drug-likeness (QED) is 0.505. The van der Waals surface area contributed by atoms with Gasteiger partial charge in [-0.1, -0.05) is 49.4 Å². The van der Waals surface area contributed by atoms with Crippen molar-refractivity contribution in [2.75, 3.05) is 11.5 Å². The summed E-state index contributed by atoms with van der Waals surface area (Å²) in [4.78, 5) is 22.9. The van der Waals surface area contributed by atoms with Crippen LogP contribution in [0.5, 0.6) is 0 Å². The van der Waals surface area contributed by atoms with Gasteiger partial charge in [-0.2, -0.15) is 11.8 Å². The molecule has 1 unspecified atom stereocenters. The molecule has 0 aromatic heterocycles. The van der Waals surface area contributed by atoms with Gasteiger partial charge in [0.2, 0.25) is 0 Å². The molecule has 0 radical (unpaired) electrons. The highest BCUT2D eigenvalue weighted by molar-refractivity contribution is 7.99. The van der Waals surface area contributed by atoms with Crippen molar-refractivity contribution in [3.05, 3.63) is 48.0 Å². The van der Waals surface area contributed by atoms with Crippen LogP contribution in [0.4, 0.5) is 4.79 Å². The van der Waals surface area contributed by atoms with Gasteiger partial charge in [0.15, 0.2) is 0 Å². The average Bonchev–Trinajstić information content (AvgIpc) is 2.56. The number of hydrogen-bond acceptors (Lipinski definition) is 4. The van der Waals surface area contributed by atoms with Gasteiger partial charge < -0.3 is 15.2 Å². The maximum atomic E-state index is 11.7. The van der Waals surface area contributed by atoms with Crippen LogP contribution in [0.3, 0.4) is 0 Å². The maximum Gasteiger partial charge on any atom is 0.408 e. The van der Waals surface area contributed by atoms with Crippen molar-refractivity contribution in [2.45, 2.75) is 32.4 Å². The van der Waals surface area contributed by atoms with Crippen LogP contribution in [0, 0.1) is 0 Å². The monoisotopic (exact) mass is 337 g/mol. The molecule has 2 N–H and O–H groups in total. The van der Waals surface area contributed by atoms with Crippen molar-refractivity contribution in [1.82, 2.24) is 5.32 Å². The molecule has 1 atom stereocenters. The smallest absolute Gasteiger partial charge is 0.408 e. The number of carbonyl (C=O) groups is 2. The van der Waals surface area contributed by atoms with Crippen LogP contribution in [0.2, 0.25) is 0 Å². The fourth-order valence-corrected chi connectivity index (χ4v) is 2.72. The number of benzene rings is 1. The highest BCUT2D eigenvalue weighted by Gasteiger charge is 2.20. The third-order valence-corrected chi connectivity index (χ3v) is 4.30. The van der Waals surface area contributed by atoms with E-state index in [-0.39, 0.29) is 6.61 Å². The number of carbonyl (C=O) groups excluding carboxylic acids is 1. The molecule has 1 rings (SSSR count). The van der Waals surface area contributed by atoms with Gasteiger partial charge in [-0.25, -0.2) is 9.59 Å². The van der Waals surface area contributed by atoms with Crippen molar-refractivity contribution < 1.29 is 19.4 Å². The van der Waals surface area contributed by atoms with E-state index in [1.807, 2.05) is 37.3 Å². The number of carboxylic acid groups (broad SMARTS) is 1. The van der Waals surface area contributed by atoms with E-state index in [2.05, 4.69) is 11.9 Å². The van der Waals surface area contributed by atoms with E-state index >= 15 is 0 Å². The molecule has 0 aliphatic rings. The molecule has 0 bridgehead atoms. The molecule has 0 aliphatic heterocycles.